The van der Waals surface area contributed by atoms with Gasteiger partial charge in [0.2, 0.25) is 0 Å². The van der Waals surface area contributed by atoms with Gasteiger partial charge in [0.05, 0.1) is 16.9 Å². The van der Waals surface area contributed by atoms with Crippen molar-refractivity contribution in [1.29, 1.82) is 0 Å². The summed E-state index contributed by atoms with van der Waals surface area (Å²) in [6.07, 6.45) is 1.14. The van der Waals surface area contributed by atoms with Crippen molar-refractivity contribution in [2.24, 2.45) is 0 Å². The smallest absolute Gasteiger partial charge is 0.407 e. The number of carbonyl (C=O) groups is 2. The van der Waals surface area contributed by atoms with Gasteiger partial charge < -0.3 is 25.6 Å². The van der Waals surface area contributed by atoms with Crippen LogP contribution in [0.5, 0.6) is 0 Å². The SMILES string of the molecule is Cc1nc(Nc2ncc(C(=O)Nc3c(C)cccc3Cl)s2)cc(N2CCN(CCOC(=O)NC(C)C)CC2)n1. The third-order valence-electron chi connectivity index (χ3n) is 5.99. The molecule has 3 N–H and O–H groups in total. The Labute approximate surface area is 236 Å². The van der Waals surface area contributed by atoms with Crippen molar-refractivity contribution in [3.8, 4) is 0 Å². The quantitative estimate of drug-likeness (QED) is 0.341. The summed E-state index contributed by atoms with van der Waals surface area (Å²) in [6.45, 7) is 11.8. The molecule has 0 saturated carbocycles. The molecular formula is C26H33ClN8O3S. The molecule has 2 aromatic heterocycles. The summed E-state index contributed by atoms with van der Waals surface area (Å²) in [5, 5.41) is 9.83. The maximum atomic E-state index is 12.8. The minimum Gasteiger partial charge on any atom is -0.448 e. The Morgan fingerprint density at radius 2 is 1.92 bits per heavy atom. The molecule has 13 heteroatoms. The Morgan fingerprint density at radius 1 is 1.15 bits per heavy atom. The topological polar surface area (TPSA) is 125 Å². The number of para-hydroxylation sites is 1. The monoisotopic (exact) mass is 572 g/mol. The van der Waals surface area contributed by atoms with Gasteiger partial charge in [-0.1, -0.05) is 35.1 Å². The van der Waals surface area contributed by atoms with Crippen molar-refractivity contribution in [3.63, 3.8) is 0 Å². The minimum atomic E-state index is -0.385. The second-order valence-electron chi connectivity index (χ2n) is 9.46. The molecule has 3 aromatic rings. The number of ether oxygens (including phenoxy) is 1. The molecule has 0 unspecified atom stereocenters. The number of anilines is 4. The Balaban J connectivity index is 1.31. The van der Waals surface area contributed by atoms with Crippen molar-refractivity contribution < 1.29 is 14.3 Å². The fourth-order valence-electron chi connectivity index (χ4n) is 4.04. The average Bonchev–Trinajstić information content (AvgIpc) is 3.34. The van der Waals surface area contributed by atoms with E-state index in [2.05, 4.69) is 40.7 Å². The first-order chi connectivity index (χ1) is 18.7. The van der Waals surface area contributed by atoms with Crippen LogP contribution in [0.4, 0.5) is 27.2 Å². The van der Waals surface area contributed by atoms with E-state index in [4.69, 9.17) is 16.3 Å². The molecule has 1 saturated heterocycles. The lowest BCUT2D eigenvalue weighted by Crippen LogP contribution is -2.48. The zero-order valence-electron chi connectivity index (χ0n) is 22.5. The van der Waals surface area contributed by atoms with Crippen molar-refractivity contribution in [3.05, 3.63) is 51.7 Å². The highest BCUT2D eigenvalue weighted by Gasteiger charge is 2.20. The summed E-state index contributed by atoms with van der Waals surface area (Å²) in [6, 6.07) is 7.40. The molecule has 1 aromatic carbocycles. The van der Waals surface area contributed by atoms with Crippen LogP contribution >= 0.6 is 22.9 Å². The van der Waals surface area contributed by atoms with E-state index >= 15 is 0 Å². The summed E-state index contributed by atoms with van der Waals surface area (Å²) >= 11 is 7.47. The van der Waals surface area contributed by atoms with Gasteiger partial charge in [0.15, 0.2) is 5.13 Å². The van der Waals surface area contributed by atoms with Gasteiger partial charge in [-0.2, -0.15) is 0 Å². The lowest BCUT2D eigenvalue weighted by Gasteiger charge is -2.35. The lowest BCUT2D eigenvalue weighted by atomic mass is 10.2. The van der Waals surface area contributed by atoms with E-state index in [0.29, 0.717) is 45.5 Å². The van der Waals surface area contributed by atoms with Crippen molar-refractivity contribution >= 4 is 57.4 Å². The number of thiazole rings is 1. The Morgan fingerprint density at radius 3 is 2.64 bits per heavy atom. The number of rotatable bonds is 9. The first kappa shape index (κ1) is 28.5. The van der Waals surface area contributed by atoms with Gasteiger partial charge in [0, 0.05) is 44.8 Å². The predicted molar refractivity (Wildman–Crippen MR) is 155 cm³/mol. The van der Waals surface area contributed by atoms with Crippen LogP contribution in [0.3, 0.4) is 0 Å². The van der Waals surface area contributed by atoms with Gasteiger partial charge in [-0.05, 0) is 39.3 Å². The number of nitrogens with one attached hydrogen (secondary N) is 3. The van der Waals surface area contributed by atoms with E-state index in [0.717, 1.165) is 37.6 Å². The fourth-order valence-corrected chi connectivity index (χ4v) is 5.02. The average molecular weight is 573 g/mol. The van der Waals surface area contributed by atoms with Crippen molar-refractivity contribution in [1.82, 2.24) is 25.2 Å². The summed E-state index contributed by atoms with van der Waals surface area (Å²) < 4.78 is 5.24. The standard InChI is InChI=1S/C26H33ClN8O3S/c1-16(2)29-26(37)38-13-12-34-8-10-35(11-9-34)22-14-21(30-18(4)31-22)32-25-28-15-20(39-25)24(36)33-23-17(3)6-5-7-19(23)27/h5-7,14-16H,8-13H2,1-4H3,(H,29,37)(H,33,36)(H,28,30,31,32). The molecule has 4 rings (SSSR count). The molecule has 39 heavy (non-hydrogen) atoms. The van der Waals surface area contributed by atoms with Crippen LogP contribution in [0.25, 0.3) is 0 Å². The van der Waals surface area contributed by atoms with Crippen LogP contribution in [-0.4, -0.2) is 77.2 Å². The molecule has 1 fully saturated rings. The fraction of sp³-hybridized carbons (Fsp3) is 0.423. The first-order valence-corrected chi connectivity index (χ1v) is 13.9. The number of nitrogens with zero attached hydrogens (tertiary/aromatic N) is 5. The third kappa shape index (κ3) is 8.01. The Bertz CT molecular complexity index is 1290. The Kier molecular flexibility index (Phi) is 9.54. The number of aromatic nitrogens is 3. The number of hydrogen-bond acceptors (Lipinski definition) is 10. The van der Waals surface area contributed by atoms with Gasteiger partial charge in [-0.25, -0.2) is 19.7 Å². The maximum Gasteiger partial charge on any atom is 0.407 e. The minimum absolute atomic E-state index is 0.0532. The zero-order chi connectivity index (χ0) is 27.9. The molecule has 0 spiro atoms. The molecule has 0 aliphatic carbocycles. The van der Waals surface area contributed by atoms with Crippen LogP contribution in [0.1, 0.15) is 34.9 Å². The predicted octanol–water partition coefficient (Wildman–Crippen LogP) is 4.46. The normalized spacial score (nSPS) is 13.8. The summed E-state index contributed by atoms with van der Waals surface area (Å²) in [4.78, 5) is 42.8. The molecule has 208 valence electrons. The maximum absolute atomic E-state index is 12.8. The molecule has 0 atom stereocenters. The Hall–Kier alpha value is -3.48. The van der Waals surface area contributed by atoms with Crippen LogP contribution in [0.15, 0.2) is 30.5 Å². The van der Waals surface area contributed by atoms with E-state index in [1.165, 1.54) is 17.5 Å². The summed E-state index contributed by atoms with van der Waals surface area (Å²) in [5.74, 6) is 1.78. The van der Waals surface area contributed by atoms with Crippen molar-refractivity contribution in [2.75, 3.05) is 54.9 Å². The molecular weight excluding hydrogens is 540 g/mol. The van der Waals surface area contributed by atoms with Gasteiger partial charge in [-0.15, -0.1) is 0 Å². The number of hydrogen-bond donors (Lipinski definition) is 3. The third-order valence-corrected chi connectivity index (χ3v) is 7.22. The molecule has 0 bridgehead atoms. The van der Waals surface area contributed by atoms with Crippen LogP contribution in [0, 0.1) is 13.8 Å². The zero-order valence-corrected chi connectivity index (χ0v) is 24.0. The molecule has 1 aliphatic heterocycles. The number of carbonyl (C=O) groups excluding carboxylic acids is 2. The molecule has 11 nitrogen and oxygen atoms in total. The number of aryl methyl sites for hydroxylation is 2. The largest absolute Gasteiger partial charge is 0.448 e. The van der Waals surface area contributed by atoms with Gasteiger partial charge in [0.1, 0.15) is 28.9 Å². The van der Waals surface area contributed by atoms with E-state index in [1.807, 2.05) is 45.9 Å². The van der Waals surface area contributed by atoms with E-state index in [9.17, 15) is 9.59 Å². The highest BCUT2D eigenvalue weighted by Crippen LogP contribution is 2.28. The van der Waals surface area contributed by atoms with Gasteiger partial charge in [-0.3, -0.25) is 9.69 Å². The second-order valence-corrected chi connectivity index (χ2v) is 10.9. The van der Waals surface area contributed by atoms with E-state index in [-0.39, 0.29) is 18.0 Å². The van der Waals surface area contributed by atoms with E-state index in [1.54, 1.807) is 6.07 Å². The molecule has 1 aliphatic rings. The molecule has 0 radical (unpaired) electrons. The number of benzene rings is 1. The number of piperazine rings is 1. The highest BCUT2D eigenvalue weighted by atomic mass is 35.5. The summed E-state index contributed by atoms with van der Waals surface area (Å²) in [7, 11) is 0. The number of amides is 2. The van der Waals surface area contributed by atoms with Crippen LogP contribution in [-0.2, 0) is 4.74 Å². The van der Waals surface area contributed by atoms with Gasteiger partial charge >= 0.3 is 6.09 Å². The van der Waals surface area contributed by atoms with Crippen LogP contribution in [0.2, 0.25) is 5.02 Å². The number of halogens is 1. The summed E-state index contributed by atoms with van der Waals surface area (Å²) in [5.41, 5.74) is 1.47. The molecule has 3 heterocycles. The molecule has 2 amide bonds. The number of alkyl carbamates (subject to hydrolysis) is 1. The van der Waals surface area contributed by atoms with Crippen LogP contribution < -0.4 is 20.9 Å². The lowest BCUT2D eigenvalue weighted by molar-refractivity contribution is 0.103. The van der Waals surface area contributed by atoms with Crippen molar-refractivity contribution in [2.45, 2.75) is 33.7 Å². The van der Waals surface area contributed by atoms with E-state index < -0.39 is 0 Å². The second kappa shape index (κ2) is 13.0. The van der Waals surface area contributed by atoms with Gasteiger partial charge in [0.25, 0.3) is 5.91 Å². The first-order valence-electron chi connectivity index (χ1n) is 12.7. The highest BCUT2D eigenvalue weighted by molar-refractivity contribution is 7.17.